The molecule has 5 nitrogen and oxygen atoms in total. The molecule has 0 unspecified atom stereocenters. The molecular formula is C16H27N3O2S2. The number of thioether (sulfide) groups is 2. The fraction of sp³-hybridized carbons (Fsp3) is 0.688. The van der Waals surface area contributed by atoms with Crippen molar-refractivity contribution in [2.24, 2.45) is 0 Å². The zero-order valence-corrected chi connectivity index (χ0v) is 15.9. The van der Waals surface area contributed by atoms with Gasteiger partial charge in [0.15, 0.2) is 5.16 Å². The normalized spacial score (nSPS) is 10.7. The van der Waals surface area contributed by atoms with Crippen molar-refractivity contribution >= 4 is 29.4 Å². The number of hydrogen-bond acceptors (Lipinski definition) is 5. The van der Waals surface area contributed by atoms with Crippen LogP contribution in [0, 0.1) is 0 Å². The fourth-order valence-corrected chi connectivity index (χ4v) is 3.66. The molecule has 0 spiro atoms. The van der Waals surface area contributed by atoms with E-state index < -0.39 is 0 Å². The van der Waals surface area contributed by atoms with Crippen molar-refractivity contribution in [3.63, 3.8) is 0 Å². The predicted octanol–water partition coefficient (Wildman–Crippen LogP) is 3.15. The molecule has 0 aliphatic carbocycles. The first-order valence-electron chi connectivity index (χ1n) is 8.19. The number of rotatable bonds is 11. The molecule has 0 bridgehead atoms. The quantitative estimate of drug-likeness (QED) is 0.374. The molecule has 7 heteroatoms. The number of aromatic amines is 1. The molecular weight excluding hydrogens is 330 g/mol. The third-order valence-corrected chi connectivity index (χ3v) is 5.10. The van der Waals surface area contributed by atoms with Crippen molar-refractivity contribution in [1.29, 1.82) is 0 Å². The molecule has 23 heavy (non-hydrogen) atoms. The Hall–Kier alpha value is -0.950. The Labute approximate surface area is 147 Å². The van der Waals surface area contributed by atoms with E-state index in [2.05, 4.69) is 30.7 Å². The van der Waals surface area contributed by atoms with Gasteiger partial charge >= 0.3 is 0 Å². The van der Waals surface area contributed by atoms with E-state index in [-0.39, 0.29) is 11.5 Å². The summed E-state index contributed by atoms with van der Waals surface area (Å²) in [4.78, 5) is 33.0. The molecule has 0 saturated heterocycles. The summed E-state index contributed by atoms with van der Waals surface area (Å²) in [5.41, 5.74) is 0.627. The lowest BCUT2D eigenvalue weighted by molar-refractivity contribution is -0.128. The molecule has 1 aromatic heterocycles. The zero-order chi connectivity index (χ0) is 17.1. The summed E-state index contributed by atoms with van der Waals surface area (Å²) in [7, 11) is 0. The van der Waals surface area contributed by atoms with E-state index in [4.69, 9.17) is 0 Å². The van der Waals surface area contributed by atoms with Crippen LogP contribution in [0.25, 0.3) is 0 Å². The Balaban J connectivity index is 2.62. The van der Waals surface area contributed by atoms with Gasteiger partial charge in [-0.15, -0.1) is 0 Å². The lowest BCUT2D eigenvalue weighted by Gasteiger charge is -2.21. The molecule has 0 aromatic carbocycles. The van der Waals surface area contributed by atoms with Crippen LogP contribution in [0.4, 0.5) is 0 Å². The molecule has 0 atom stereocenters. The van der Waals surface area contributed by atoms with Crippen LogP contribution in [-0.4, -0.2) is 45.4 Å². The second-order valence-corrected chi connectivity index (χ2v) is 7.33. The number of carbonyl (C=O) groups is 1. The van der Waals surface area contributed by atoms with E-state index in [9.17, 15) is 9.59 Å². The van der Waals surface area contributed by atoms with Gasteiger partial charge in [-0.25, -0.2) is 4.98 Å². The molecule has 0 aliphatic rings. The van der Waals surface area contributed by atoms with Gasteiger partial charge in [0.05, 0.1) is 11.4 Å². The molecule has 130 valence electrons. The minimum atomic E-state index is -0.152. The Morgan fingerprint density at radius 2 is 1.91 bits per heavy atom. The first kappa shape index (κ1) is 20.1. The van der Waals surface area contributed by atoms with Crippen molar-refractivity contribution in [3.8, 4) is 0 Å². The van der Waals surface area contributed by atoms with Crippen molar-refractivity contribution in [2.45, 2.75) is 50.9 Å². The summed E-state index contributed by atoms with van der Waals surface area (Å²) in [5, 5.41) is 0.533. The van der Waals surface area contributed by atoms with E-state index in [1.54, 1.807) is 11.8 Å². The molecule has 0 fully saturated rings. The smallest absolute Gasteiger partial charge is 0.251 e. The SMILES string of the molecule is CCCSCc1cc(=O)[nH]c(SCC(=O)N(CCC)CCC)n1. The highest BCUT2D eigenvalue weighted by molar-refractivity contribution is 7.99. The maximum Gasteiger partial charge on any atom is 0.251 e. The molecule has 1 rings (SSSR count). The largest absolute Gasteiger partial charge is 0.342 e. The lowest BCUT2D eigenvalue weighted by Crippen LogP contribution is -2.33. The zero-order valence-electron chi connectivity index (χ0n) is 14.3. The van der Waals surface area contributed by atoms with E-state index in [1.165, 1.54) is 17.8 Å². The second kappa shape index (κ2) is 11.6. The summed E-state index contributed by atoms with van der Waals surface area (Å²) in [6.07, 6.45) is 3.01. The highest BCUT2D eigenvalue weighted by atomic mass is 32.2. The van der Waals surface area contributed by atoms with Crippen LogP contribution < -0.4 is 5.56 Å². The maximum atomic E-state index is 12.3. The summed E-state index contributed by atoms with van der Waals surface area (Å²) in [6.45, 7) is 7.83. The molecule has 1 aromatic rings. The molecule has 0 saturated carbocycles. The topological polar surface area (TPSA) is 66.1 Å². The third-order valence-electron chi connectivity index (χ3n) is 3.04. The molecule has 1 N–H and O–H groups in total. The Morgan fingerprint density at radius 3 is 2.52 bits per heavy atom. The van der Waals surface area contributed by atoms with Crippen LogP contribution in [0.15, 0.2) is 16.0 Å². The standard InChI is InChI=1S/C16H27N3O2S2/c1-4-7-19(8-5-2)15(21)12-23-16-17-13(10-14(20)18-16)11-22-9-6-3/h10H,4-9,11-12H2,1-3H3,(H,17,18,20). The van der Waals surface area contributed by atoms with E-state index in [0.29, 0.717) is 10.9 Å². The Morgan fingerprint density at radius 1 is 1.22 bits per heavy atom. The number of hydrogen-bond donors (Lipinski definition) is 1. The number of H-pyrrole nitrogens is 1. The van der Waals surface area contributed by atoms with Gasteiger partial charge in [-0.3, -0.25) is 9.59 Å². The maximum absolute atomic E-state index is 12.3. The van der Waals surface area contributed by atoms with Crippen LogP contribution in [0.5, 0.6) is 0 Å². The van der Waals surface area contributed by atoms with E-state index in [1.807, 2.05) is 4.90 Å². The van der Waals surface area contributed by atoms with Crippen LogP contribution in [0.2, 0.25) is 0 Å². The van der Waals surface area contributed by atoms with Crippen LogP contribution >= 0.6 is 23.5 Å². The van der Waals surface area contributed by atoms with E-state index >= 15 is 0 Å². The highest BCUT2D eigenvalue weighted by Gasteiger charge is 2.13. The van der Waals surface area contributed by atoms with Gasteiger partial charge in [0.25, 0.3) is 5.56 Å². The second-order valence-electron chi connectivity index (χ2n) is 5.26. The van der Waals surface area contributed by atoms with Crippen LogP contribution in [-0.2, 0) is 10.5 Å². The van der Waals surface area contributed by atoms with Crippen molar-refractivity contribution in [3.05, 3.63) is 22.1 Å². The van der Waals surface area contributed by atoms with Crippen LogP contribution in [0.3, 0.4) is 0 Å². The van der Waals surface area contributed by atoms with Crippen molar-refractivity contribution in [2.75, 3.05) is 24.6 Å². The van der Waals surface area contributed by atoms with Gasteiger partial charge in [-0.2, -0.15) is 11.8 Å². The van der Waals surface area contributed by atoms with Crippen molar-refractivity contribution in [1.82, 2.24) is 14.9 Å². The first-order valence-corrected chi connectivity index (χ1v) is 10.3. The van der Waals surface area contributed by atoms with Gasteiger partial charge in [-0.1, -0.05) is 32.5 Å². The minimum absolute atomic E-state index is 0.104. The van der Waals surface area contributed by atoms with Crippen LogP contribution in [0.1, 0.15) is 45.7 Å². The van der Waals surface area contributed by atoms with Crippen molar-refractivity contribution < 1.29 is 4.79 Å². The highest BCUT2D eigenvalue weighted by Crippen LogP contribution is 2.15. The number of nitrogens with one attached hydrogen (secondary N) is 1. The monoisotopic (exact) mass is 357 g/mol. The van der Waals surface area contributed by atoms with Gasteiger partial charge in [-0.05, 0) is 25.0 Å². The number of aromatic nitrogens is 2. The summed E-state index contributed by atoms with van der Waals surface area (Å²) < 4.78 is 0. The number of amides is 1. The fourth-order valence-electron chi connectivity index (χ4n) is 2.07. The average molecular weight is 358 g/mol. The van der Waals surface area contributed by atoms with E-state index in [0.717, 1.165) is 49.6 Å². The lowest BCUT2D eigenvalue weighted by atomic mass is 10.3. The molecule has 0 radical (unpaired) electrons. The van der Waals surface area contributed by atoms with Gasteiger partial charge in [0.2, 0.25) is 5.91 Å². The molecule has 1 heterocycles. The summed E-state index contributed by atoms with van der Waals surface area (Å²) in [6, 6.07) is 1.54. The molecule has 0 aliphatic heterocycles. The Kier molecular flexibility index (Phi) is 10.1. The third kappa shape index (κ3) is 7.92. The minimum Gasteiger partial charge on any atom is -0.342 e. The molecule has 1 amide bonds. The summed E-state index contributed by atoms with van der Waals surface area (Å²) in [5.74, 6) is 2.20. The summed E-state index contributed by atoms with van der Waals surface area (Å²) >= 11 is 3.08. The Bertz CT molecular complexity index is 528. The first-order chi connectivity index (χ1) is 11.1. The van der Waals surface area contributed by atoms with Gasteiger partial charge in [0, 0.05) is 24.9 Å². The number of nitrogens with zero attached hydrogens (tertiary/aromatic N) is 2. The van der Waals surface area contributed by atoms with Gasteiger partial charge in [0.1, 0.15) is 0 Å². The van der Waals surface area contributed by atoms with Gasteiger partial charge < -0.3 is 9.88 Å². The predicted molar refractivity (Wildman–Crippen MR) is 99.2 cm³/mol. The average Bonchev–Trinajstić information content (AvgIpc) is 2.52. The number of carbonyl (C=O) groups excluding carboxylic acids is 1.